The Bertz CT molecular complexity index is 742. The number of anilines is 2. The van der Waals surface area contributed by atoms with E-state index in [1.807, 2.05) is 30.0 Å². The van der Waals surface area contributed by atoms with Crippen LogP contribution in [0.15, 0.2) is 34.9 Å². The van der Waals surface area contributed by atoms with Gasteiger partial charge in [0.1, 0.15) is 5.69 Å². The maximum absolute atomic E-state index is 12.6. The molecule has 1 aliphatic heterocycles. The highest BCUT2D eigenvalue weighted by molar-refractivity contribution is 9.10. The zero-order valence-electron chi connectivity index (χ0n) is 13.9. The molecule has 6 heteroatoms. The van der Waals surface area contributed by atoms with E-state index in [0.717, 1.165) is 41.7 Å². The number of carbonyl (C=O) groups excluding carboxylic acids is 1. The standard InChI is InChI=1S/C18H21BrN4O/c1-12-6-9-23(10-7-12)17(24)16-5-8-20-18(22-16)21-14-3-4-15(19)13(2)11-14/h3-5,8,11-12H,6-7,9-10H2,1-2H3,(H,20,21,22). The molecule has 0 bridgehead atoms. The van der Waals surface area contributed by atoms with E-state index >= 15 is 0 Å². The van der Waals surface area contributed by atoms with Gasteiger partial charge in [0.2, 0.25) is 5.95 Å². The molecule has 2 heterocycles. The Morgan fingerprint density at radius 2 is 2.04 bits per heavy atom. The summed E-state index contributed by atoms with van der Waals surface area (Å²) in [5, 5.41) is 3.16. The monoisotopic (exact) mass is 388 g/mol. The van der Waals surface area contributed by atoms with Gasteiger partial charge in [0, 0.05) is 29.4 Å². The minimum Gasteiger partial charge on any atom is -0.337 e. The number of halogens is 1. The van der Waals surface area contributed by atoms with Crippen LogP contribution in [0.25, 0.3) is 0 Å². The lowest BCUT2D eigenvalue weighted by molar-refractivity contribution is 0.0691. The third kappa shape index (κ3) is 3.93. The molecule has 1 aromatic carbocycles. The number of aryl methyl sites for hydroxylation is 1. The van der Waals surface area contributed by atoms with Gasteiger partial charge in [-0.25, -0.2) is 9.97 Å². The van der Waals surface area contributed by atoms with E-state index in [-0.39, 0.29) is 5.91 Å². The Kier molecular flexibility index (Phi) is 5.14. The van der Waals surface area contributed by atoms with Crippen molar-refractivity contribution in [3.8, 4) is 0 Å². The highest BCUT2D eigenvalue weighted by Gasteiger charge is 2.22. The third-order valence-corrected chi connectivity index (χ3v) is 5.25. The van der Waals surface area contributed by atoms with Crippen molar-refractivity contribution < 1.29 is 4.79 Å². The number of hydrogen-bond donors (Lipinski definition) is 1. The van der Waals surface area contributed by atoms with E-state index in [9.17, 15) is 4.79 Å². The summed E-state index contributed by atoms with van der Waals surface area (Å²) in [7, 11) is 0. The van der Waals surface area contributed by atoms with E-state index in [4.69, 9.17) is 0 Å². The van der Waals surface area contributed by atoms with Crippen molar-refractivity contribution in [2.24, 2.45) is 5.92 Å². The fourth-order valence-corrected chi connectivity index (χ4v) is 3.01. The van der Waals surface area contributed by atoms with Crippen molar-refractivity contribution >= 4 is 33.5 Å². The second-order valence-electron chi connectivity index (χ2n) is 6.33. The number of aromatic nitrogens is 2. The molecule has 1 aromatic heterocycles. The average Bonchev–Trinajstić information content (AvgIpc) is 2.58. The topological polar surface area (TPSA) is 58.1 Å². The van der Waals surface area contributed by atoms with Crippen LogP contribution in [0, 0.1) is 12.8 Å². The molecular weight excluding hydrogens is 368 g/mol. The third-order valence-electron chi connectivity index (χ3n) is 4.36. The number of benzene rings is 1. The van der Waals surface area contributed by atoms with Crippen LogP contribution < -0.4 is 5.32 Å². The normalized spacial score (nSPS) is 15.4. The van der Waals surface area contributed by atoms with Crippen LogP contribution in [0.3, 0.4) is 0 Å². The minimum absolute atomic E-state index is 0.0145. The van der Waals surface area contributed by atoms with Crippen molar-refractivity contribution in [3.05, 3.63) is 46.2 Å². The average molecular weight is 389 g/mol. The van der Waals surface area contributed by atoms with Gasteiger partial charge >= 0.3 is 0 Å². The van der Waals surface area contributed by atoms with Crippen LogP contribution in [-0.2, 0) is 0 Å². The number of piperidine rings is 1. The van der Waals surface area contributed by atoms with Gasteiger partial charge in [-0.05, 0) is 55.5 Å². The molecule has 0 aliphatic carbocycles. The first-order valence-corrected chi connectivity index (χ1v) is 8.98. The molecule has 5 nitrogen and oxygen atoms in total. The summed E-state index contributed by atoms with van der Waals surface area (Å²) in [5.74, 6) is 1.12. The molecule has 1 saturated heterocycles. The Balaban J connectivity index is 1.73. The van der Waals surface area contributed by atoms with Crippen LogP contribution in [0.5, 0.6) is 0 Å². The number of nitrogens with one attached hydrogen (secondary N) is 1. The fraction of sp³-hybridized carbons (Fsp3) is 0.389. The summed E-state index contributed by atoms with van der Waals surface area (Å²) in [5.41, 5.74) is 2.46. The van der Waals surface area contributed by atoms with Crippen LogP contribution in [0.1, 0.15) is 35.8 Å². The Hall–Kier alpha value is -1.95. The molecule has 1 fully saturated rings. The smallest absolute Gasteiger partial charge is 0.272 e. The first kappa shape index (κ1) is 16.9. The van der Waals surface area contributed by atoms with Gasteiger partial charge in [-0.3, -0.25) is 4.79 Å². The molecule has 24 heavy (non-hydrogen) atoms. The molecule has 1 amide bonds. The second-order valence-corrected chi connectivity index (χ2v) is 7.18. The van der Waals surface area contributed by atoms with Crippen LogP contribution >= 0.6 is 15.9 Å². The van der Waals surface area contributed by atoms with Gasteiger partial charge in [-0.15, -0.1) is 0 Å². The summed E-state index contributed by atoms with van der Waals surface area (Å²) < 4.78 is 1.05. The maximum atomic E-state index is 12.6. The predicted octanol–water partition coefficient (Wildman–Crippen LogP) is 4.16. The summed E-state index contributed by atoms with van der Waals surface area (Å²) in [6.07, 6.45) is 3.74. The van der Waals surface area contributed by atoms with Gasteiger partial charge in [-0.1, -0.05) is 22.9 Å². The number of amides is 1. The number of carbonyl (C=O) groups is 1. The zero-order valence-corrected chi connectivity index (χ0v) is 15.5. The number of nitrogens with zero attached hydrogens (tertiary/aromatic N) is 3. The largest absolute Gasteiger partial charge is 0.337 e. The van der Waals surface area contributed by atoms with Crippen LogP contribution in [0.2, 0.25) is 0 Å². The van der Waals surface area contributed by atoms with Gasteiger partial charge < -0.3 is 10.2 Å². The van der Waals surface area contributed by atoms with Crippen molar-refractivity contribution in [2.75, 3.05) is 18.4 Å². The summed E-state index contributed by atoms with van der Waals surface area (Å²) in [4.78, 5) is 23.1. The van der Waals surface area contributed by atoms with E-state index in [0.29, 0.717) is 17.6 Å². The Morgan fingerprint density at radius 1 is 1.29 bits per heavy atom. The Morgan fingerprint density at radius 3 is 2.75 bits per heavy atom. The first-order chi connectivity index (χ1) is 11.5. The predicted molar refractivity (Wildman–Crippen MR) is 98.5 cm³/mol. The fourth-order valence-electron chi connectivity index (χ4n) is 2.76. The lowest BCUT2D eigenvalue weighted by Crippen LogP contribution is -2.38. The molecular formula is C18H21BrN4O. The first-order valence-electron chi connectivity index (χ1n) is 8.18. The molecule has 3 rings (SSSR count). The van der Waals surface area contributed by atoms with Crippen molar-refractivity contribution in [1.82, 2.24) is 14.9 Å². The number of likely N-dealkylation sites (tertiary alicyclic amines) is 1. The SMILES string of the molecule is Cc1cc(Nc2nccc(C(=O)N3CCC(C)CC3)n2)ccc1Br. The van der Waals surface area contributed by atoms with Crippen molar-refractivity contribution in [1.29, 1.82) is 0 Å². The van der Waals surface area contributed by atoms with Gasteiger partial charge in [0.25, 0.3) is 5.91 Å². The highest BCUT2D eigenvalue weighted by atomic mass is 79.9. The van der Waals surface area contributed by atoms with E-state index < -0.39 is 0 Å². The lowest BCUT2D eigenvalue weighted by Gasteiger charge is -2.30. The molecule has 1 N–H and O–H groups in total. The van der Waals surface area contributed by atoms with Crippen LogP contribution in [-0.4, -0.2) is 33.9 Å². The van der Waals surface area contributed by atoms with Crippen molar-refractivity contribution in [3.63, 3.8) is 0 Å². The molecule has 2 aromatic rings. The maximum Gasteiger partial charge on any atom is 0.272 e. The quantitative estimate of drug-likeness (QED) is 0.857. The molecule has 0 unspecified atom stereocenters. The van der Waals surface area contributed by atoms with Crippen molar-refractivity contribution in [2.45, 2.75) is 26.7 Å². The highest BCUT2D eigenvalue weighted by Crippen LogP contribution is 2.22. The van der Waals surface area contributed by atoms with Gasteiger partial charge in [-0.2, -0.15) is 0 Å². The number of hydrogen-bond acceptors (Lipinski definition) is 4. The molecule has 0 atom stereocenters. The minimum atomic E-state index is -0.0145. The summed E-state index contributed by atoms with van der Waals surface area (Å²) >= 11 is 3.48. The van der Waals surface area contributed by atoms with Gasteiger partial charge in [0.05, 0.1) is 0 Å². The van der Waals surface area contributed by atoms with E-state index in [1.54, 1.807) is 12.3 Å². The van der Waals surface area contributed by atoms with Gasteiger partial charge in [0.15, 0.2) is 0 Å². The molecule has 0 saturated carbocycles. The molecule has 126 valence electrons. The Labute approximate surface area is 150 Å². The van der Waals surface area contributed by atoms with E-state index in [2.05, 4.69) is 38.1 Å². The number of rotatable bonds is 3. The second kappa shape index (κ2) is 7.30. The molecule has 0 radical (unpaired) electrons. The molecule has 0 spiro atoms. The summed E-state index contributed by atoms with van der Waals surface area (Å²) in [6.45, 7) is 5.86. The summed E-state index contributed by atoms with van der Waals surface area (Å²) in [6, 6.07) is 7.61. The molecule has 1 aliphatic rings. The lowest BCUT2D eigenvalue weighted by atomic mass is 9.99. The zero-order chi connectivity index (χ0) is 17.1. The van der Waals surface area contributed by atoms with E-state index in [1.165, 1.54) is 0 Å². The van der Waals surface area contributed by atoms with Crippen LogP contribution in [0.4, 0.5) is 11.6 Å².